The van der Waals surface area contributed by atoms with Gasteiger partial charge in [-0.05, 0) is 44.0 Å². The molecule has 0 spiro atoms. The van der Waals surface area contributed by atoms with E-state index in [1.807, 2.05) is 6.07 Å². The molecule has 3 heteroatoms. The van der Waals surface area contributed by atoms with Crippen molar-refractivity contribution in [3.63, 3.8) is 0 Å². The smallest absolute Gasteiger partial charge is 0.146 e. The molecule has 0 saturated carbocycles. The minimum absolute atomic E-state index is 0.0852. The highest BCUT2D eigenvalue weighted by atomic mass is 19.1. The molecule has 1 heterocycles. The highest BCUT2D eigenvalue weighted by Gasteiger charge is 2.16. The molecule has 0 saturated heterocycles. The quantitative estimate of drug-likeness (QED) is 0.865. The lowest BCUT2D eigenvalue weighted by Crippen LogP contribution is -2.26. The minimum Gasteiger partial charge on any atom is -0.308 e. The molecule has 1 unspecified atom stereocenters. The zero-order valence-corrected chi connectivity index (χ0v) is 12.1. The van der Waals surface area contributed by atoms with Gasteiger partial charge in [0.25, 0.3) is 0 Å². The summed E-state index contributed by atoms with van der Waals surface area (Å²) in [4.78, 5) is 4.21. The first-order valence-corrected chi connectivity index (χ1v) is 7.10. The summed E-state index contributed by atoms with van der Waals surface area (Å²) in [6, 6.07) is 11.3. The molecule has 0 bridgehead atoms. The Bertz CT molecular complexity index is 554. The Morgan fingerprint density at radius 1 is 1.25 bits per heavy atom. The number of pyridine rings is 1. The first-order valence-electron chi connectivity index (χ1n) is 7.10. The second-order valence-electron chi connectivity index (χ2n) is 5.07. The van der Waals surface area contributed by atoms with Crippen molar-refractivity contribution in [3.05, 3.63) is 65.2 Å². The number of hydrogen-bond acceptors (Lipinski definition) is 2. The summed E-state index contributed by atoms with van der Waals surface area (Å²) in [5.41, 5.74) is 2.92. The summed E-state index contributed by atoms with van der Waals surface area (Å²) < 4.78 is 13.9. The Morgan fingerprint density at radius 3 is 2.80 bits per heavy atom. The molecular formula is C17H21FN2. The Kier molecular flexibility index (Phi) is 5.24. The maximum atomic E-state index is 13.9. The topological polar surface area (TPSA) is 24.9 Å². The van der Waals surface area contributed by atoms with E-state index in [4.69, 9.17) is 0 Å². The van der Waals surface area contributed by atoms with E-state index in [0.717, 1.165) is 19.4 Å². The van der Waals surface area contributed by atoms with Gasteiger partial charge in [-0.2, -0.15) is 0 Å². The van der Waals surface area contributed by atoms with E-state index in [1.165, 1.54) is 17.2 Å². The number of rotatable bonds is 6. The molecule has 2 nitrogen and oxygen atoms in total. The lowest BCUT2D eigenvalue weighted by atomic mass is 10.0. The van der Waals surface area contributed by atoms with Crippen molar-refractivity contribution in [1.29, 1.82) is 0 Å². The average Bonchev–Trinajstić information content (AvgIpc) is 2.44. The number of hydrogen-bond donors (Lipinski definition) is 1. The molecule has 0 fully saturated rings. The molecule has 106 valence electrons. The fourth-order valence-electron chi connectivity index (χ4n) is 2.31. The Labute approximate surface area is 120 Å². The van der Waals surface area contributed by atoms with Crippen LogP contribution >= 0.6 is 0 Å². The Balaban J connectivity index is 2.22. The van der Waals surface area contributed by atoms with Gasteiger partial charge in [0.15, 0.2) is 0 Å². The van der Waals surface area contributed by atoms with Gasteiger partial charge in [-0.25, -0.2) is 4.39 Å². The maximum absolute atomic E-state index is 13.9. The second kappa shape index (κ2) is 7.15. The number of halogens is 1. The first-order chi connectivity index (χ1) is 9.70. The Hall–Kier alpha value is -1.74. The number of nitrogens with one attached hydrogen (secondary N) is 1. The standard InChI is InChI=1S/C17H21FN2/c1-3-9-19-16(17-15(18)8-5-10-20-17)12-14-7-4-6-13(2)11-14/h4-8,10-11,16,19H,3,9,12H2,1-2H3. The van der Waals surface area contributed by atoms with Crippen molar-refractivity contribution < 1.29 is 4.39 Å². The van der Waals surface area contributed by atoms with Crippen molar-refractivity contribution in [1.82, 2.24) is 10.3 Å². The lowest BCUT2D eigenvalue weighted by molar-refractivity contribution is 0.483. The zero-order chi connectivity index (χ0) is 14.4. The third-order valence-electron chi connectivity index (χ3n) is 3.28. The van der Waals surface area contributed by atoms with E-state index >= 15 is 0 Å². The molecule has 2 aromatic rings. The number of benzene rings is 1. The molecule has 0 aliphatic heterocycles. The number of aromatic nitrogens is 1. The zero-order valence-electron chi connectivity index (χ0n) is 12.1. The van der Waals surface area contributed by atoms with Gasteiger partial charge in [-0.15, -0.1) is 0 Å². The third-order valence-corrected chi connectivity index (χ3v) is 3.28. The van der Waals surface area contributed by atoms with Crippen LogP contribution < -0.4 is 5.32 Å². The molecular weight excluding hydrogens is 251 g/mol. The molecule has 1 aromatic heterocycles. The first kappa shape index (κ1) is 14.7. The number of aryl methyl sites for hydroxylation is 1. The van der Waals surface area contributed by atoms with E-state index in [1.54, 1.807) is 12.3 Å². The van der Waals surface area contributed by atoms with Gasteiger partial charge in [0.1, 0.15) is 5.82 Å². The van der Waals surface area contributed by atoms with Gasteiger partial charge < -0.3 is 5.32 Å². The predicted molar refractivity (Wildman–Crippen MR) is 80.1 cm³/mol. The van der Waals surface area contributed by atoms with Crippen molar-refractivity contribution in [2.24, 2.45) is 0 Å². The van der Waals surface area contributed by atoms with Crippen LogP contribution in [-0.4, -0.2) is 11.5 Å². The Morgan fingerprint density at radius 2 is 2.10 bits per heavy atom. The molecule has 1 atom stereocenters. The summed E-state index contributed by atoms with van der Waals surface area (Å²) >= 11 is 0. The van der Waals surface area contributed by atoms with Crippen LogP contribution in [0.1, 0.15) is 36.2 Å². The van der Waals surface area contributed by atoms with E-state index in [0.29, 0.717) is 5.69 Å². The van der Waals surface area contributed by atoms with Crippen LogP contribution in [0, 0.1) is 12.7 Å². The van der Waals surface area contributed by atoms with Gasteiger partial charge in [0.05, 0.1) is 11.7 Å². The van der Waals surface area contributed by atoms with Gasteiger partial charge >= 0.3 is 0 Å². The fraction of sp³-hybridized carbons (Fsp3) is 0.353. The largest absolute Gasteiger partial charge is 0.308 e. The molecule has 0 aliphatic rings. The normalized spacial score (nSPS) is 12.3. The predicted octanol–water partition coefficient (Wildman–Crippen LogP) is 3.81. The monoisotopic (exact) mass is 272 g/mol. The fourth-order valence-corrected chi connectivity index (χ4v) is 2.31. The summed E-state index contributed by atoms with van der Waals surface area (Å²) in [7, 11) is 0. The average molecular weight is 272 g/mol. The summed E-state index contributed by atoms with van der Waals surface area (Å²) in [5, 5.41) is 3.39. The van der Waals surface area contributed by atoms with Crippen molar-refractivity contribution >= 4 is 0 Å². The van der Waals surface area contributed by atoms with Crippen LogP contribution in [0.3, 0.4) is 0 Å². The van der Waals surface area contributed by atoms with E-state index in [2.05, 4.69) is 42.3 Å². The van der Waals surface area contributed by atoms with E-state index in [9.17, 15) is 4.39 Å². The van der Waals surface area contributed by atoms with Gasteiger partial charge in [-0.3, -0.25) is 4.98 Å². The van der Waals surface area contributed by atoms with E-state index < -0.39 is 0 Å². The lowest BCUT2D eigenvalue weighted by Gasteiger charge is -2.19. The van der Waals surface area contributed by atoms with Gasteiger partial charge in [0.2, 0.25) is 0 Å². The molecule has 2 rings (SSSR count). The molecule has 0 amide bonds. The van der Waals surface area contributed by atoms with Crippen LogP contribution in [0.4, 0.5) is 4.39 Å². The van der Waals surface area contributed by atoms with Gasteiger partial charge in [0, 0.05) is 6.20 Å². The maximum Gasteiger partial charge on any atom is 0.146 e. The third kappa shape index (κ3) is 3.87. The molecule has 1 aromatic carbocycles. The van der Waals surface area contributed by atoms with Gasteiger partial charge in [-0.1, -0.05) is 36.8 Å². The molecule has 20 heavy (non-hydrogen) atoms. The summed E-state index contributed by atoms with van der Waals surface area (Å²) in [6.07, 6.45) is 3.41. The number of nitrogens with zero attached hydrogens (tertiary/aromatic N) is 1. The van der Waals surface area contributed by atoms with Crippen LogP contribution in [0.25, 0.3) is 0 Å². The van der Waals surface area contributed by atoms with Crippen LogP contribution in [0.2, 0.25) is 0 Å². The highest BCUT2D eigenvalue weighted by molar-refractivity contribution is 5.25. The molecule has 0 radical (unpaired) electrons. The second-order valence-corrected chi connectivity index (χ2v) is 5.07. The van der Waals surface area contributed by atoms with Crippen LogP contribution in [-0.2, 0) is 6.42 Å². The van der Waals surface area contributed by atoms with Crippen molar-refractivity contribution in [3.8, 4) is 0 Å². The van der Waals surface area contributed by atoms with Crippen LogP contribution in [0.5, 0.6) is 0 Å². The van der Waals surface area contributed by atoms with Crippen molar-refractivity contribution in [2.75, 3.05) is 6.54 Å². The SMILES string of the molecule is CCCNC(Cc1cccc(C)c1)c1ncccc1F. The van der Waals surface area contributed by atoms with E-state index in [-0.39, 0.29) is 11.9 Å². The molecule has 1 N–H and O–H groups in total. The summed E-state index contributed by atoms with van der Waals surface area (Å²) in [6.45, 7) is 5.03. The summed E-state index contributed by atoms with van der Waals surface area (Å²) in [5.74, 6) is -0.242. The van der Waals surface area contributed by atoms with Crippen LogP contribution in [0.15, 0.2) is 42.6 Å². The minimum atomic E-state index is -0.242. The molecule has 0 aliphatic carbocycles. The highest BCUT2D eigenvalue weighted by Crippen LogP contribution is 2.19. The van der Waals surface area contributed by atoms with Crippen molar-refractivity contribution in [2.45, 2.75) is 32.7 Å².